The normalized spacial score (nSPS) is 14.4. The molecule has 0 heterocycles. The molecule has 230 valence electrons. The number of rotatable bonds is 12. The summed E-state index contributed by atoms with van der Waals surface area (Å²) in [7, 11) is -1.34. The molecule has 4 rings (SSSR count). The smallest absolute Gasteiger partial charge is 0.264 e. The number of benzene rings is 3. The molecule has 9 nitrogen and oxygen atoms in total. The summed E-state index contributed by atoms with van der Waals surface area (Å²) in [6.45, 7) is 3.30. The van der Waals surface area contributed by atoms with Gasteiger partial charge >= 0.3 is 0 Å². The third-order valence-electron chi connectivity index (χ3n) is 7.82. The zero-order chi connectivity index (χ0) is 31.0. The van der Waals surface area contributed by atoms with Crippen molar-refractivity contribution in [2.24, 2.45) is 0 Å². The van der Waals surface area contributed by atoms with Gasteiger partial charge in [0.1, 0.15) is 12.6 Å². The van der Waals surface area contributed by atoms with Crippen molar-refractivity contribution in [3.63, 3.8) is 0 Å². The summed E-state index contributed by atoms with van der Waals surface area (Å²) in [5.74, 6) is -0.120. The molecule has 0 saturated heterocycles. The Morgan fingerprint density at radius 1 is 0.907 bits per heavy atom. The first kappa shape index (κ1) is 31.9. The van der Waals surface area contributed by atoms with Gasteiger partial charge in [-0.15, -0.1) is 0 Å². The van der Waals surface area contributed by atoms with E-state index >= 15 is 0 Å². The molecule has 43 heavy (non-hydrogen) atoms. The first-order valence-corrected chi connectivity index (χ1v) is 16.0. The predicted molar refractivity (Wildman–Crippen MR) is 167 cm³/mol. The summed E-state index contributed by atoms with van der Waals surface area (Å²) < 4.78 is 39.9. The number of anilines is 1. The lowest BCUT2D eigenvalue weighted by atomic mass is 9.95. The molecule has 0 aromatic heterocycles. The minimum atomic E-state index is -4.24. The third kappa shape index (κ3) is 7.87. The second kappa shape index (κ2) is 14.4. The van der Waals surface area contributed by atoms with Crippen LogP contribution in [0.3, 0.4) is 0 Å². The molecule has 2 amide bonds. The molecule has 0 radical (unpaired) electrons. The molecule has 3 aromatic carbocycles. The molecule has 1 fully saturated rings. The molecular formula is C33H41N3O6S. The fourth-order valence-electron chi connectivity index (χ4n) is 5.39. The molecule has 1 aliphatic carbocycles. The number of carbonyl (C=O) groups excluding carboxylic acids is 2. The Morgan fingerprint density at radius 3 is 2.26 bits per heavy atom. The maximum absolute atomic E-state index is 14.2. The zero-order valence-corrected chi connectivity index (χ0v) is 26.1. The standard InChI is InChI=1S/C33H41N3O6S/c1-24-12-11-13-26(20-24)22-35(25(2)33(38)34-27-14-7-5-8-15-27)32(37)23-36(28-16-9-6-10-17-28)43(39,40)29-18-19-30(41-3)31(21-29)42-4/h6,9-13,16-21,25,27H,5,7-8,14-15,22-23H2,1-4H3,(H,34,38). The molecule has 1 N–H and O–H groups in total. The number of amides is 2. The summed E-state index contributed by atoms with van der Waals surface area (Å²) in [4.78, 5) is 29.0. The largest absolute Gasteiger partial charge is 0.493 e. The van der Waals surface area contributed by atoms with Gasteiger partial charge in [-0.05, 0) is 56.5 Å². The summed E-state index contributed by atoms with van der Waals surface area (Å²) in [5.41, 5.74) is 2.19. The van der Waals surface area contributed by atoms with Gasteiger partial charge in [0.25, 0.3) is 10.0 Å². The van der Waals surface area contributed by atoms with E-state index in [4.69, 9.17) is 9.47 Å². The van der Waals surface area contributed by atoms with Crippen molar-refractivity contribution in [2.75, 3.05) is 25.1 Å². The van der Waals surface area contributed by atoms with Gasteiger partial charge in [-0.3, -0.25) is 13.9 Å². The van der Waals surface area contributed by atoms with E-state index in [1.54, 1.807) is 37.3 Å². The third-order valence-corrected chi connectivity index (χ3v) is 9.59. The van der Waals surface area contributed by atoms with Crippen LogP contribution in [0.2, 0.25) is 0 Å². The van der Waals surface area contributed by atoms with Crippen LogP contribution in [0.1, 0.15) is 50.2 Å². The second-order valence-corrected chi connectivity index (χ2v) is 12.8. The van der Waals surface area contributed by atoms with Crippen LogP contribution >= 0.6 is 0 Å². The molecule has 1 aliphatic rings. The van der Waals surface area contributed by atoms with Gasteiger partial charge in [0.15, 0.2) is 11.5 Å². The molecule has 10 heteroatoms. The van der Waals surface area contributed by atoms with E-state index in [0.29, 0.717) is 11.4 Å². The molecule has 0 spiro atoms. The van der Waals surface area contributed by atoms with Crippen molar-refractivity contribution in [3.8, 4) is 11.5 Å². The number of para-hydroxylation sites is 1. The van der Waals surface area contributed by atoms with Gasteiger partial charge < -0.3 is 19.7 Å². The molecule has 1 atom stereocenters. The van der Waals surface area contributed by atoms with Gasteiger partial charge in [-0.25, -0.2) is 8.42 Å². The van der Waals surface area contributed by atoms with Crippen LogP contribution in [-0.4, -0.2) is 58.0 Å². The second-order valence-electron chi connectivity index (χ2n) is 10.9. The number of carbonyl (C=O) groups is 2. The van der Waals surface area contributed by atoms with Crippen molar-refractivity contribution in [1.29, 1.82) is 0 Å². The minimum Gasteiger partial charge on any atom is -0.493 e. The molecular weight excluding hydrogens is 566 g/mol. The highest BCUT2D eigenvalue weighted by atomic mass is 32.2. The van der Waals surface area contributed by atoms with Crippen LogP contribution in [0.5, 0.6) is 11.5 Å². The van der Waals surface area contributed by atoms with Gasteiger partial charge in [0.2, 0.25) is 11.8 Å². The Hall–Kier alpha value is -4.05. The predicted octanol–water partition coefficient (Wildman–Crippen LogP) is 5.07. The van der Waals surface area contributed by atoms with E-state index in [9.17, 15) is 18.0 Å². The minimum absolute atomic E-state index is 0.0601. The fraction of sp³-hybridized carbons (Fsp3) is 0.394. The Bertz CT molecular complexity index is 1510. The van der Waals surface area contributed by atoms with Crippen LogP contribution in [0.4, 0.5) is 5.69 Å². The van der Waals surface area contributed by atoms with Crippen LogP contribution in [0.25, 0.3) is 0 Å². The quantitative estimate of drug-likeness (QED) is 0.308. The van der Waals surface area contributed by atoms with Crippen LogP contribution < -0.4 is 19.1 Å². The van der Waals surface area contributed by atoms with Crippen molar-refractivity contribution in [3.05, 3.63) is 83.9 Å². The Balaban J connectivity index is 1.68. The van der Waals surface area contributed by atoms with E-state index in [1.165, 1.54) is 37.3 Å². The van der Waals surface area contributed by atoms with Crippen LogP contribution in [0.15, 0.2) is 77.7 Å². The van der Waals surface area contributed by atoms with E-state index in [0.717, 1.165) is 47.5 Å². The van der Waals surface area contributed by atoms with Crippen molar-refractivity contribution < 1.29 is 27.5 Å². The first-order chi connectivity index (χ1) is 20.6. The highest BCUT2D eigenvalue weighted by molar-refractivity contribution is 7.92. The van der Waals surface area contributed by atoms with Crippen molar-refractivity contribution >= 4 is 27.5 Å². The first-order valence-electron chi connectivity index (χ1n) is 14.6. The summed E-state index contributed by atoms with van der Waals surface area (Å²) in [5, 5.41) is 3.13. The topological polar surface area (TPSA) is 105 Å². The van der Waals surface area contributed by atoms with Crippen LogP contribution in [0, 0.1) is 6.92 Å². The van der Waals surface area contributed by atoms with E-state index in [1.807, 2.05) is 31.2 Å². The number of nitrogens with one attached hydrogen (secondary N) is 1. The summed E-state index contributed by atoms with van der Waals surface area (Å²) in [6, 6.07) is 19.7. The molecule has 3 aromatic rings. The number of hydrogen-bond donors (Lipinski definition) is 1. The Kier molecular flexibility index (Phi) is 10.7. The fourth-order valence-corrected chi connectivity index (χ4v) is 6.82. The number of nitrogens with zero attached hydrogens (tertiary/aromatic N) is 2. The molecule has 1 saturated carbocycles. The van der Waals surface area contributed by atoms with Gasteiger partial charge in [-0.2, -0.15) is 0 Å². The number of ether oxygens (including phenoxy) is 2. The molecule has 0 bridgehead atoms. The highest BCUT2D eigenvalue weighted by Crippen LogP contribution is 2.32. The SMILES string of the molecule is COc1ccc(S(=O)(=O)N(CC(=O)N(Cc2cccc(C)c2)C(C)C(=O)NC2CCCCC2)c2ccccc2)cc1OC. The van der Waals surface area contributed by atoms with Gasteiger partial charge in [0.05, 0.1) is 24.8 Å². The monoisotopic (exact) mass is 607 g/mol. The van der Waals surface area contributed by atoms with Crippen molar-refractivity contribution in [1.82, 2.24) is 10.2 Å². The lowest BCUT2D eigenvalue weighted by Crippen LogP contribution is -2.53. The number of hydrogen-bond acceptors (Lipinski definition) is 6. The van der Waals surface area contributed by atoms with E-state index < -0.39 is 28.5 Å². The summed E-state index contributed by atoms with van der Waals surface area (Å²) in [6.07, 6.45) is 5.10. The lowest BCUT2D eigenvalue weighted by molar-refractivity contribution is -0.139. The van der Waals surface area contributed by atoms with Crippen molar-refractivity contribution in [2.45, 2.75) is 69.5 Å². The number of sulfonamides is 1. The number of aryl methyl sites for hydroxylation is 1. The Morgan fingerprint density at radius 2 is 1.60 bits per heavy atom. The lowest BCUT2D eigenvalue weighted by Gasteiger charge is -2.33. The number of methoxy groups -OCH3 is 2. The molecule has 1 unspecified atom stereocenters. The van der Waals surface area contributed by atoms with E-state index in [-0.39, 0.29) is 29.1 Å². The average Bonchev–Trinajstić information content (AvgIpc) is 3.02. The maximum atomic E-state index is 14.2. The Labute approximate surface area is 254 Å². The van der Waals surface area contributed by atoms with E-state index in [2.05, 4.69) is 5.32 Å². The zero-order valence-electron chi connectivity index (χ0n) is 25.3. The average molecular weight is 608 g/mol. The van der Waals surface area contributed by atoms with Gasteiger partial charge in [0, 0.05) is 18.7 Å². The molecule has 0 aliphatic heterocycles. The summed E-state index contributed by atoms with van der Waals surface area (Å²) >= 11 is 0. The highest BCUT2D eigenvalue weighted by Gasteiger charge is 2.33. The van der Waals surface area contributed by atoms with Crippen LogP contribution in [-0.2, 0) is 26.2 Å². The maximum Gasteiger partial charge on any atom is 0.264 e. The van der Waals surface area contributed by atoms with Gasteiger partial charge in [-0.1, -0.05) is 67.3 Å².